The van der Waals surface area contributed by atoms with E-state index in [2.05, 4.69) is 55.3 Å². The Hall–Kier alpha value is -1.88. The molecule has 1 aromatic carbocycles. The van der Waals surface area contributed by atoms with Gasteiger partial charge in [0.05, 0.1) is 0 Å². The van der Waals surface area contributed by atoms with E-state index in [1.807, 2.05) is 0 Å². The Labute approximate surface area is 141 Å². The number of nitrogens with zero attached hydrogens (tertiary/aromatic N) is 1. The minimum Gasteiger partial charge on any atom is -0.312 e. The van der Waals surface area contributed by atoms with Crippen LogP contribution in [0.2, 0.25) is 0 Å². The number of halogens is 3. The molecule has 1 aromatic heterocycles. The molecule has 2 rings (SSSR count). The van der Waals surface area contributed by atoms with E-state index in [-0.39, 0.29) is 5.41 Å². The van der Waals surface area contributed by atoms with Gasteiger partial charge in [-0.2, -0.15) is 13.2 Å². The van der Waals surface area contributed by atoms with Crippen molar-refractivity contribution in [2.24, 2.45) is 0 Å². The summed E-state index contributed by atoms with van der Waals surface area (Å²) in [5.74, 6) is 0. The maximum absolute atomic E-state index is 12.6. The Bertz CT molecular complexity index is 656. The van der Waals surface area contributed by atoms with Crippen LogP contribution in [-0.4, -0.2) is 11.5 Å². The van der Waals surface area contributed by atoms with Gasteiger partial charge in [0.15, 0.2) is 0 Å². The first-order valence-electron chi connectivity index (χ1n) is 7.99. The summed E-state index contributed by atoms with van der Waals surface area (Å²) in [4.78, 5) is 3.66. The zero-order chi connectivity index (χ0) is 17.8. The fourth-order valence-electron chi connectivity index (χ4n) is 2.35. The highest BCUT2D eigenvalue weighted by Gasteiger charge is 2.32. The van der Waals surface area contributed by atoms with Crippen molar-refractivity contribution in [2.45, 2.75) is 45.3 Å². The van der Waals surface area contributed by atoms with Crippen molar-refractivity contribution in [3.8, 4) is 0 Å². The standard InChI is InChI=1S/C19H23F3N2/c1-18(2,3)15-9-7-14(8-10-15)13-23-12-11-16-5-4-6-17(24-16)19(20,21)22/h4-10,23H,11-13H2,1-3H3. The molecule has 0 aliphatic carbocycles. The lowest BCUT2D eigenvalue weighted by Crippen LogP contribution is -2.18. The molecule has 0 unspecified atom stereocenters. The van der Waals surface area contributed by atoms with Crippen molar-refractivity contribution >= 4 is 0 Å². The van der Waals surface area contributed by atoms with E-state index in [0.29, 0.717) is 25.2 Å². The third-order valence-corrected chi connectivity index (χ3v) is 3.80. The van der Waals surface area contributed by atoms with E-state index in [9.17, 15) is 13.2 Å². The average Bonchev–Trinajstić information content (AvgIpc) is 2.51. The summed E-state index contributed by atoms with van der Waals surface area (Å²) in [5.41, 5.74) is 2.17. The van der Waals surface area contributed by atoms with Gasteiger partial charge >= 0.3 is 6.18 Å². The smallest absolute Gasteiger partial charge is 0.312 e. The highest BCUT2D eigenvalue weighted by atomic mass is 19.4. The number of rotatable bonds is 5. The predicted octanol–water partition coefficient (Wildman–Crippen LogP) is 4.73. The normalized spacial score (nSPS) is 12.4. The Balaban J connectivity index is 1.83. The van der Waals surface area contributed by atoms with Gasteiger partial charge in [-0.25, -0.2) is 4.98 Å². The van der Waals surface area contributed by atoms with E-state index in [1.54, 1.807) is 6.07 Å². The SMILES string of the molecule is CC(C)(C)c1ccc(CNCCc2cccc(C(F)(F)F)n2)cc1. The molecule has 2 aromatic rings. The van der Waals surface area contributed by atoms with Crippen molar-refractivity contribution in [3.63, 3.8) is 0 Å². The predicted molar refractivity (Wildman–Crippen MR) is 89.8 cm³/mol. The fraction of sp³-hybridized carbons (Fsp3) is 0.421. The second-order valence-corrected chi connectivity index (χ2v) is 6.89. The molecule has 0 bridgehead atoms. The minimum atomic E-state index is -4.39. The van der Waals surface area contributed by atoms with Crippen LogP contribution in [0, 0.1) is 0 Å². The number of alkyl halides is 3. The zero-order valence-corrected chi connectivity index (χ0v) is 14.2. The molecule has 5 heteroatoms. The third-order valence-electron chi connectivity index (χ3n) is 3.80. The minimum absolute atomic E-state index is 0.126. The quantitative estimate of drug-likeness (QED) is 0.799. The molecule has 0 saturated carbocycles. The molecule has 0 spiro atoms. The van der Waals surface area contributed by atoms with Gasteiger partial charge in [0.2, 0.25) is 0 Å². The van der Waals surface area contributed by atoms with E-state index in [0.717, 1.165) is 11.6 Å². The molecule has 24 heavy (non-hydrogen) atoms. The Morgan fingerprint density at radius 3 is 2.21 bits per heavy atom. The first kappa shape index (κ1) is 18.5. The molecular weight excluding hydrogens is 313 g/mol. The van der Waals surface area contributed by atoms with Crippen molar-refractivity contribution in [3.05, 3.63) is 65.0 Å². The zero-order valence-electron chi connectivity index (χ0n) is 14.2. The average molecular weight is 336 g/mol. The summed E-state index contributed by atoms with van der Waals surface area (Å²) in [6.07, 6.45) is -3.93. The van der Waals surface area contributed by atoms with Crippen LogP contribution in [0.4, 0.5) is 13.2 Å². The lowest BCUT2D eigenvalue weighted by molar-refractivity contribution is -0.141. The van der Waals surface area contributed by atoms with Crippen LogP contribution < -0.4 is 5.32 Å². The number of hydrogen-bond donors (Lipinski definition) is 1. The van der Waals surface area contributed by atoms with Gasteiger partial charge in [0, 0.05) is 25.2 Å². The summed E-state index contributed by atoms with van der Waals surface area (Å²) < 4.78 is 37.8. The van der Waals surface area contributed by atoms with Gasteiger partial charge in [-0.15, -0.1) is 0 Å². The second kappa shape index (κ2) is 7.34. The van der Waals surface area contributed by atoms with Gasteiger partial charge in [-0.1, -0.05) is 51.1 Å². The maximum atomic E-state index is 12.6. The second-order valence-electron chi connectivity index (χ2n) is 6.89. The monoisotopic (exact) mass is 336 g/mol. The molecule has 0 atom stereocenters. The van der Waals surface area contributed by atoms with Crippen LogP contribution >= 0.6 is 0 Å². The summed E-state index contributed by atoms with van der Waals surface area (Å²) in [7, 11) is 0. The van der Waals surface area contributed by atoms with Crippen LogP contribution in [0.1, 0.15) is 43.3 Å². The lowest BCUT2D eigenvalue weighted by Gasteiger charge is -2.19. The first-order valence-corrected chi connectivity index (χ1v) is 7.99. The Kier molecular flexibility index (Phi) is 5.65. The van der Waals surface area contributed by atoms with Gasteiger partial charge in [-0.3, -0.25) is 0 Å². The molecular formula is C19H23F3N2. The molecule has 0 fully saturated rings. The molecule has 0 aliphatic heterocycles. The van der Waals surface area contributed by atoms with Crippen LogP contribution in [0.5, 0.6) is 0 Å². The number of nitrogens with one attached hydrogen (secondary N) is 1. The molecule has 0 saturated heterocycles. The molecule has 0 aliphatic rings. The molecule has 1 heterocycles. The van der Waals surface area contributed by atoms with E-state index in [1.165, 1.54) is 11.6 Å². The molecule has 0 amide bonds. The summed E-state index contributed by atoms with van der Waals surface area (Å²) in [6, 6.07) is 12.4. The number of benzene rings is 1. The third kappa shape index (κ3) is 5.34. The number of hydrogen-bond acceptors (Lipinski definition) is 2. The molecule has 2 nitrogen and oxygen atoms in total. The van der Waals surface area contributed by atoms with Crippen LogP contribution in [0.25, 0.3) is 0 Å². The lowest BCUT2D eigenvalue weighted by atomic mass is 9.87. The summed E-state index contributed by atoms with van der Waals surface area (Å²) in [5, 5.41) is 3.25. The fourth-order valence-corrected chi connectivity index (χ4v) is 2.35. The maximum Gasteiger partial charge on any atom is 0.433 e. The van der Waals surface area contributed by atoms with Crippen molar-refractivity contribution in [2.75, 3.05) is 6.54 Å². The number of aromatic nitrogens is 1. The summed E-state index contributed by atoms with van der Waals surface area (Å²) in [6.45, 7) is 7.77. The van der Waals surface area contributed by atoms with Crippen molar-refractivity contribution in [1.82, 2.24) is 10.3 Å². The van der Waals surface area contributed by atoms with Crippen molar-refractivity contribution < 1.29 is 13.2 Å². The molecule has 130 valence electrons. The Morgan fingerprint density at radius 2 is 1.62 bits per heavy atom. The highest BCUT2D eigenvalue weighted by Crippen LogP contribution is 2.27. The highest BCUT2D eigenvalue weighted by molar-refractivity contribution is 5.27. The largest absolute Gasteiger partial charge is 0.433 e. The van der Waals surface area contributed by atoms with Crippen LogP contribution in [-0.2, 0) is 24.6 Å². The van der Waals surface area contributed by atoms with Gasteiger partial charge in [0.1, 0.15) is 5.69 Å². The first-order chi connectivity index (χ1) is 11.2. The van der Waals surface area contributed by atoms with E-state index < -0.39 is 11.9 Å². The number of pyridine rings is 1. The molecule has 1 N–H and O–H groups in total. The Morgan fingerprint density at radius 1 is 0.958 bits per heavy atom. The van der Waals surface area contributed by atoms with Gasteiger partial charge in [-0.05, 0) is 28.7 Å². The van der Waals surface area contributed by atoms with Crippen LogP contribution in [0.15, 0.2) is 42.5 Å². The van der Waals surface area contributed by atoms with E-state index in [4.69, 9.17) is 0 Å². The van der Waals surface area contributed by atoms with E-state index >= 15 is 0 Å². The van der Waals surface area contributed by atoms with Gasteiger partial charge < -0.3 is 5.32 Å². The summed E-state index contributed by atoms with van der Waals surface area (Å²) >= 11 is 0. The van der Waals surface area contributed by atoms with Crippen molar-refractivity contribution in [1.29, 1.82) is 0 Å². The topological polar surface area (TPSA) is 24.9 Å². The van der Waals surface area contributed by atoms with Gasteiger partial charge in [0.25, 0.3) is 0 Å². The van der Waals surface area contributed by atoms with Crippen LogP contribution in [0.3, 0.4) is 0 Å². The molecule has 0 radical (unpaired) electrons.